The lowest BCUT2D eigenvalue weighted by atomic mass is 9.95. The largest absolute Gasteiger partial charge is 0.491 e. The van der Waals surface area contributed by atoms with Gasteiger partial charge in [-0.1, -0.05) is 29.8 Å². The number of rotatable bonds is 2. The second-order valence-electron chi connectivity index (χ2n) is 7.62. The van der Waals surface area contributed by atoms with Crippen LogP contribution in [-0.4, -0.2) is 31.6 Å². The number of nitrogens with one attached hydrogen (secondary N) is 2. The van der Waals surface area contributed by atoms with Gasteiger partial charge in [0.15, 0.2) is 0 Å². The molecule has 8 heteroatoms. The van der Waals surface area contributed by atoms with Crippen molar-refractivity contribution < 1.29 is 23.8 Å². The first kappa shape index (κ1) is 19.2. The highest BCUT2D eigenvalue weighted by Crippen LogP contribution is 2.42. The van der Waals surface area contributed by atoms with Gasteiger partial charge in [0.2, 0.25) is 0 Å². The van der Waals surface area contributed by atoms with Gasteiger partial charge in [0, 0.05) is 11.1 Å². The van der Waals surface area contributed by atoms with Crippen LogP contribution in [0.15, 0.2) is 36.4 Å². The second kappa shape index (κ2) is 7.49. The van der Waals surface area contributed by atoms with E-state index in [2.05, 4.69) is 10.6 Å². The van der Waals surface area contributed by atoms with Crippen LogP contribution in [0, 0.1) is 0 Å². The molecule has 1 atom stereocenters. The van der Waals surface area contributed by atoms with E-state index in [-0.39, 0.29) is 25.4 Å². The normalized spacial score (nSPS) is 22.1. The van der Waals surface area contributed by atoms with Crippen molar-refractivity contribution in [3.8, 4) is 5.75 Å². The highest BCUT2D eigenvalue weighted by Gasteiger charge is 2.46. The van der Waals surface area contributed by atoms with Gasteiger partial charge in [0.1, 0.15) is 12.4 Å². The summed E-state index contributed by atoms with van der Waals surface area (Å²) < 4.78 is 17.2. The minimum atomic E-state index is -1.50. The van der Waals surface area contributed by atoms with Crippen molar-refractivity contribution in [3.63, 3.8) is 0 Å². The van der Waals surface area contributed by atoms with E-state index < -0.39 is 17.7 Å². The van der Waals surface area contributed by atoms with Gasteiger partial charge in [-0.25, -0.2) is 0 Å². The minimum Gasteiger partial charge on any atom is -0.491 e. The summed E-state index contributed by atoms with van der Waals surface area (Å²) in [5, 5.41) is 7.29. The standard InChI is InChI=1S/C22H21ClN2O5/c23-16-6-5-15-13(21(16)25-17-11-28-18-4-2-1-3-14(17)18)9-10-24-12-22(15)29-19(26)7-8-20(27)30-22/h1-6,17,24-25H,7-12H2. The Kier molecular flexibility index (Phi) is 4.79. The number of ether oxygens (including phenoxy) is 3. The summed E-state index contributed by atoms with van der Waals surface area (Å²) in [7, 11) is 0. The third-order valence-corrected chi connectivity index (χ3v) is 6.01. The predicted molar refractivity (Wildman–Crippen MR) is 109 cm³/mol. The summed E-state index contributed by atoms with van der Waals surface area (Å²) in [5.74, 6) is -1.57. The summed E-state index contributed by atoms with van der Waals surface area (Å²) in [6.45, 7) is 1.29. The van der Waals surface area contributed by atoms with E-state index in [1.165, 1.54) is 0 Å². The molecule has 2 aromatic rings. The summed E-state index contributed by atoms with van der Waals surface area (Å²) >= 11 is 6.60. The molecule has 0 saturated carbocycles. The van der Waals surface area contributed by atoms with E-state index in [0.29, 0.717) is 30.2 Å². The van der Waals surface area contributed by atoms with Crippen LogP contribution in [0.2, 0.25) is 5.02 Å². The number of benzene rings is 2. The lowest BCUT2D eigenvalue weighted by Gasteiger charge is -2.32. The Morgan fingerprint density at radius 2 is 1.80 bits per heavy atom. The number of carbonyl (C=O) groups is 2. The molecule has 0 radical (unpaired) electrons. The van der Waals surface area contributed by atoms with Crippen molar-refractivity contribution in [3.05, 3.63) is 58.1 Å². The lowest BCUT2D eigenvalue weighted by Crippen LogP contribution is -2.43. The number of esters is 2. The fraction of sp³-hybridized carbons (Fsp3) is 0.364. The molecule has 156 valence electrons. The molecule has 2 N–H and O–H groups in total. The Bertz CT molecular complexity index is 1010. The first-order valence-electron chi connectivity index (χ1n) is 10.0. The molecule has 2 aromatic carbocycles. The maximum absolute atomic E-state index is 12.3. The zero-order valence-electron chi connectivity index (χ0n) is 16.2. The molecule has 3 aliphatic heterocycles. The summed E-state index contributed by atoms with van der Waals surface area (Å²) in [5.41, 5.74) is 3.29. The summed E-state index contributed by atoms with van der Waals surface area (Å²) in [6.07, 6.45) is 0.639. The zero-order chi connectivity index (χ0) is 20.7. The van der Waals surface area contributed by atoms with Gasteiger partial charge < -0.3 is 24.8 Å². The van der Waals surface area contributed by atoms with Crippen molar-refractivity contribution in [2.24, 2.45) is 0 Å². The molecule has 1 fully saturated rings. The first-order valence-corrected chi connectivity index (χ1v) is 10.4. The molecule has 0 bridgehead atoms. The maximum Gasteiger partial charge on any atom is 0.309 e. The second-order valence-corrected chi connectivity index (χ2v) is 8.03. The van der Waals surface area contributed by atoms with E-state index >= 15 is 0 Å². The summed E-state index contributed by atoms with van der Waals surface area (Å²) in [4.78, 5) is 24.5. The molecule has 1 spiro atoms. The number of anilines is 1. The third kappa shape index (κ3) is 3.28. The van der Waals surface area contributed by atoms with Gasteiger partial charge in [0.25, 0.3) is 5.79 Å². The molecule has 5 rings (SSSR count). The van der Waals surface area contributed by atoms with Crippen molar-refractivity contribution in [1.29, 1.82) is 0 Å². The Hall–Kier alpha value is -2.77. The molecule has 0 aliphatic carbocycles. The summed E-state index contributed by atoms with van der Waals surface area (Å²) in [6, 6.07) is 11.3. The Labute approximate surface area is 178 Å². The minimum absolute atomic E-state index is 0.00477. The number of carbonyl (C=O) groups excluding carboxylic acids is 2. The highest BCUT2D eigenvalue weighted by atomic mass is 35.5. The van der Waals surface area contributed by atoms with Crippen molar-refractivity contribution in [2.75, 3.05) is 25.0 Å². The molecule has 1 saturated heterocycles. The average molecular weight is 429 g/mol. The maximum atomic E-state index is 12.3. The molecule has 3 aliphatic rings. The Morgan fingerprint density at radius 1 is 1.03 bits per heavy atom. The number of fused-ring (bicyclic) bond motifs is 3. The number of hydrogen-bond acceptors (Lipinski definition) is 7. The first-order chi connectivity index (χ1) is 14.6. The Balaban J connectivity index is 1.58. The van der Waals surface area contributed by atoms with Crippen molar-refractivity contribution >= 4 is 29.2 Å². The molecular weight excluding hydrogens is 408 g/mol. The number of para-hydroxylation sites is 1. The van der Waals surface area contributed by atoms with Gasteiger partial charge in [-0.15, -0.1) is 0 Å². The Morgan fingerprint density at radius 3 is 2.60 bits per heavy atom. The van der Waals surface area contributed by atoms with Crippen LogP contribution < -0.4 is 15.4 Å². The van der Waals surface area contributed by atoms with E-state index in [0.717, 1.165) is 22.6 Å². The number of halogens is 1. The van der Waals surface area contributed by atoms with E-state index in [1.807, 2.05) is 24.3 Å². The van der Waals surface area contributed by atoms with Crippen LogP contribution in [0.25, 0.3) is 0 Å². The van der Waals surface area contributed by atoms with Crippen LogP contribution in [-0.2, 0) is 31.3 Å². The van der Waals surface area contributed by atoms with Crippen molar-refractivity contribution in [2.45, 2.75) is 31.1 Å². The van der Waals surface area contributed by atoms with E-state index in [9.17, 15) is 9.59 Å². The zero-order valence-corrected chi connectivity index (χ0v) is 17.0. The molecule has 30 heavy (non-hydrogen) atoms. The third-order valence-electron chi connectivity index (χ3n) is 5.69. The highest BCUT2D eigenvalue weighted by molar-refractivity contribution is 6.33. The van der Waals surface area contributed by atoms with Gasteiger partial charge in [-0.05, 0) is 36.7 Å². The van der Waals surface area contributed by atoms with Gasteiger partial charge in [-0.3, -0.25) is 9.59 Å². The van der Waals surface area contributed by atoms with Gasteiger partial charge >= 0.3 is 11.9 Å². The van der Waals surface area contributed by atoms with Crippen molar-refractivity contribution in [1.82, 2.24) is 5.32 Å². The molecule has 0 aromatic heterocycles. The van der Waals surface area contributed by atoms with Crippen LogP contribution >= 0.6 is 11.6 Å². The molecule has 0 amide bonds. The van der Waals surface area contributed by atoms with Crippen LogP contribution in [0.3, 0.4) is 0 Å². The fourth-order valence-corrected chi connectivity index (χ4v) is 4.52. The van der Waals surface area contributed by atoms with E-state index in [1.54, 1.807) is 12.1 Å². The van der Waals surface area contributed by atoms with Gasteiger partial charge in [-0.2, -0.15) is 0 Å². The smallest absolute Gasteiger partial charge is 0.309 e. The van der Waals surface area contributed by atoms with Crippen LogP contribution in [0.5, 0.6) is 5.75 Å². The molecular formula is C22H21ClN2O5. The predicted octanol–water partition coefficient (Wildman–Crippen LogP) is 3.06. The average Bonchev–Trinajstić information content (AvgIpc) is 2.97. The molecule has 1 unspecified atom stereocenters. The quantitative estimate of drug-likeness (QED) is 0.711. The van der Waals surface area contributed by atoms with Crippen LogP contribution in [0.1, 0.15) is 35.6 Å². The van der Waals surface area contributed by atoms with Gasteiger partial charge in [0.05, 0.1) is 36.1 Å². The number of hydrogen-bond donors (Lipinski definition) is 2. The molecule has 7 nitrogen and oxygen atoms in total. The van der Waals surface area contributed by atoms with E-state index in [4.69, 9.17) is 25.8 Å². The topological polar surface area (TPSA) is 85.9 Å². The van der Waals surface area contributed by atoms with Crippen LogP contribution in [0.4, 0.5) is 5.69 Å². The monoisotopic (exact) mass is 428 g/mol. The SMILES string of the molecule is O=C1CCC(=O)OC2(CNCCc3c2ccc(Cl)c3NC2COc3ccccc32)O1. The fourth-order valence-electron chi connectivity index (χ4n) is 4.29. The lowest BCUT2D eigenvalue weighted by molar-refractivity contribution is -0.225. The molecule has 3 heterocycles.